The standard InChI is InChI=1S/C42H54N4O10S/c1-43-35(47)23-11-15-27-33-28(16-12-24(31(23)33)36(43)48)40(52)45(39(27)51)19-3-7-21(8-4-19)57(55,56)22-9-5-20(6-10-22)46-41(53)29-17-13-25-32-26(38(50)44(2)37(25)49)14-18-30(34(29)32)42(46)54/h19-34H,3-18H2,1-2H3. The molecule has 0 aromatic rings. The van der Waals surface area contributed by atoms with Gasteiger partial charge in [0.15, 0.2) is 9.84 Å². The minimum absolute atomic E-state index is 0.196. The summed E-state index contributed by atoms with van der Waals surface area (Å²) < 4.78 is 28.3. The van der Waals surface area contributed by atoms with Gasteiger partial charge in [-0.1, -0.05) is 0 Å². The van der Waals surface area contributed by atoms with Crippen LogP contribution in [0.25, 0.3) is 0 Å². The average Bonchev–Trinajstić information content (AvgIpc) is 3.22. The number of carbonyl (C=O) groups is 8. The summed E-state index contributed by atoms with van der Waals surface area (Å²) in [5.74, 6) is -5.78. The summed E-state index contributed by atoms with van der Waals surface area (Å²) in [6.45, 7) is 0. The Bertz CT molecular complexity index is 1740. The van der Waals surface area contributed by atoms with Crippen molar-refractivity contribution in [2.24, 2.45) is 71.0 Å². The van der Waals surface area contributed by atoms with Gasteiger partial charge in [0.05, 0.1) is 10.5 Å². The third-order valence-electron chi connectivity index (χ3n) is 17.5. The first-order valence-corrected chi connectivity index (χ1v) is 23.4. The third kappa shape index (κ3) is 5.20. The molecule has 10 aliphatic rings. The number of nitrogens with zero attached hydrogens (tertiary/aromatic N) is 4. The van der Waals surface area contributed by atoms with Crippen LogP contribution in [0.5, 0.6) is 0 Å². The number of rotatable bonds is 4. The molecule has 0 radical (unpaired) electrons. The molecule has 0 N–H and O–H groups in total. The Hall–Kier alpha value is -3.49. The maximum Gasteiger partial charge on any atom is 0.232 e. The summed E-state index contributed by atoms with van der Waals surface area (Å²) in [7, 11) is -0.501. The Morgan fingerprint density at radius 1 is 0.333 bits per heavy atom. The molecular formula is C42H54N4O10S. The first-order chi connectivity index (χ1) is 27.2. The number of imide groups is 4. The molecule has 4 heterocycles. The summed E-state index contributed by atoms with van der Waals surface area (Å²) in [6.07, 6.45) is 7.18. The third-order valence-corrected chi connectivity index (χ3v) is 20.3. The normalized spacial score (nSPS) is 45.9. The van der Waals surface area contributed by atoms with E-state index in [0.29, 0.717) is 103 Å². The maximum absolute atomic E-state index is 14.2. The number of amides is 8. The molecule has 308 valence electrons. The van der Waals surface area contributed by atoms with E-state index >= 15 is 0 Å². The fraction of sp³-hybridized carbons (Fsp3) is 0.810. The summed E-state index contributed by atoms with van der Waals surface area (Å²) in [4.78, 5) is 114. The van der Waals surface area contributed by atoms with E-state index in [0.717, 1.165) is 0 Å². The lowest BCUT2D eigenvalue weighted by atomic mass is 9.50. The van der Waals surface area contributed by atoms with Crippen LogP contribution in [0.1, 0.15) is 103 Å². The maximum atomic E-state index is 14.2. The van der Waals surface area contributed by atoms with Gasteiger partial charge < -0.3 is 0 Å². The van der Waals surface area contributed by atoms with Gasteiger partial charge in [0.25, 0.3) is 0 Å². The monoisotopic (exact) mass is 806 g/mol. The van der Waals surface area contributed by atoms with Crippen molar-refractivity contribution in [1.82, 2.24) is 19.6 Å². The van der Waals surface area contributed by atoms with Crippen molar-refractivity contribution in [3.8, 4) is 0 Å². The van der Waals surface area contributed by atoms with Crippen molar-refractivity contribution in [1.29, 1.82) is 0 Å². The van der Waals surface area contributed by atoms with Crippen LogP contribution in [0.15, 0.2) is 0 Å². The molecule has 8 atom stereocenters. The van der Waals surface area contributed by atoms with Gasteiger partial charge in [-0.3, -0.25) is 58.0 Å². The van der Waals surface area contributed by atoms with Crippen LogP contribution in [0.3, 0.4) is 0 Å². The van der Waals surface area contributed by atoms with Gasteiger partial charge in [-0.2, -0.15) is 0 Å². The molecule has 10 fully saturated rings. The smallest absolute Gasteiger partial charge is 0.232 e. The van der Waals surface area contributed by atoms with Gasteiger partial charge in [-0.15, -0.1) is 0 Å². The second-order valence-electron chi connectivity index (χ2n) is 19.5. The Balaban J connectivity index is 0.777. The van der Waals surface area contributed by atoms with Crippen LogP contribution in [0.2, 0.25) is 0 Å². The van der Waals surface area contributed by atoms with Gasteiger partial charge in [0, 0.05) is 73.5 Å². The highest BCUT2D eigenvalue weighted by Gasteiger charge is 2.65. The zero-order chi connectivity index (χ0) is 40.0. The quantitative estimate of drug-likeness (QED) is 0.383. The zero-order valence-corrected chi connectivity index (χ0v) is 33.6. The summed E-state index contributed by atoms with van der Waals surface area (Å²) >= 11 is 0. The summed E-state index contributed by atoms with van der Waals surface area (Å²) in [5, 5.41) is -1.19. The minimum atomic E-state index is -3.57. The van der Waals surface area contributed by atoms with Crippen LogP contribution in [0, 0.1) is 71.0 Å². The van der Waals surface area contributed by atoms with Crippen LogP contribution in [0.4, 0.5) is 0 Å². The first kappa shape index (κ1) is 37.8. The van der Waals surface area contributed by atoms with E-state index in [1.165, 1.54) is 33.7 Å². The molecule has 4 aliphatic heterocycles. The molecule has 0 aromatic carbocycles. The highest BCUT2D eigenvalue weighted by molar-refractivity contribution is 7.92. The second-order valence-corrected chi connectivity index (χ2v) is 22.0. The predicted molar refractivity (Wildman–Crippen MR) is 199 cm³/mol. The van der Waals surface area contributed by atoms with Gasteiger partial charge in [-0.05, 0) is 126 Å². The van der Waals surface area contributed by atoms with Crippen molar-refractivity contribution in [3.63, 3.8) is 0 Å². The fourth-order valence-corrected chi connectivity index (χ4v) is 17.4. The number of carbonyl (C=O) groups excluding carboxylic acids is 8. The SMILES string of the molecule is CN1C(=O)C2CCC3C(=O)N(C4CCC(S(=O)(=O)C5CCC(N6C(=O)C7CCC8C(=O)N(C)C(=O)C9CCC(C6=O)C7C89)CC5)CC4)C(=O)C4CCC(C1=O)C2C34. The van der Waals surface area contributed by atoms with Crippen molar-refractivity contribution >= 4 is 57.1 Å². The van der Waals surface area contributed by atoms with Gasteiger partial charge in [-0.25, -0.2) is 8.42 Å². The Morgan fingerprint density at radius 2 is 0.544 bits per heavy atom. The number of likely N-dealkylation sites (tertiary alicyclic amines) is 4. The highest BCUT2D eigenvalue weighted by atomic mass is 32.2. The average molecular weight is 807 g/mol. The van der Waals surface area contributed by atoms with Gasteiger partial charge in [0.2, 0.25) is 47.3 Å². The van der Waals surface area contributed by atoms with E-state index in [-0.39, 0.29) is 107 Å². The topological polar surface area (TPSA) is 184 Å². The summed E-state index contributed by atoms with van der Waals surface area (Å²) in [6, 6.07) is -0.750. The number of hydrogen-bond acceptors (Lipinski definition) is 10. The molecule has 8 amide bonds. The van der Waals surface area contributed by atoms with Crippen LogP contribution in [-0.4, -0.2) is 112 Å². The molecule has 57 heavy (non-hydrogen) atoms. The molecule has 10 rings (SSSR count). The zero-order valence-electron chi connectivity index (χ0n) is 32.8. The Morgan fingerprint density at radius 3 is 0.772 bits per heavy atom. The van der Waals surface area contributed by atoms with Crippen molar-refractivity contribution in [2.45, 2.75) is 125 Å². The molecule has 0 aromatic heterocycles. The lowest BCUT2D eigenvalue weighted by Crippen LogP contribution is -2.67. The van der Waals surface area contributed by atoms with Crippen LogP contribution >= 0.6 is 0 Å². The number of sulfone groups is 1. The Labute approximate surface area is 333 Å². The molecule has 8 unspecified atom stereocenters. The van der Waals surface area contributed by atoms with Crippen LogP contribution in [-0.2, 0) is 48.2 Å². The van der Waals surface area contributed by atoms with E-state index in [1.807, 2.05) is 0 Å². The molecule has 0 bridgehead atoms. The molecule has 15 heteroatoms. The van der Waals surface area contributed by atoms with E-state index < -0.39 is 44.0 Å². The lowest BCUT2D eigenvalue weighted by Gasteiger charge is -2.58. The molecule has 4 saturated heterocycles. The minimum Gasteiger partial charge on any atom is -0.285 e. The van der Waals surface area contributed by atoms with Crippen molar-refractivity contribution in [3.05, 3.63) is 0 Å². The second kappa shape index (κ2) is 13.3. The van der Waals surface area contributed by atoms with Gasteiger partial charge >= 0.3 is 0 Å². The molecular weight excluding hydrogens is 753 g/mol. The van der Waals surface area contributed by atoms with E-state index in [1.54, 1.807) is 0 Å². The number of piperidine rings is 4. The molecule has 6 saturated carbocycles. The largest absolute Gasteiger partial charge is 0.285 e. The highest BCUT2D eigenvalue weighted by Crippen LogP contribution is 2.59. The van der Waals surface area contributed by atoms with Crippen molar-refractivity contribution < 1.29 is 46.8 Å². The Kier molecular flexibility index (Phi) is 8.78. The van der Waals surface area contributed by atoms with Crippen LogP contribution < -0.4 is 0 Å². The van der Waals surface area contributed by atoms with E-state index in [9.17, 15) is 46.8 Å². The van der Waals surface area contributed by atoms with Crippen molar-refractivity contribution in [2.75, 3.05) is 14.1 Å². The molecule has 0 spiro atoms. The van der Waals surface area contributed by atoms with E-state index in [2.05, 4.69) is 0 Å². The lowest BCUT2D eigenvalue weighted by molar-refractivity contribution is -0.187. The van der Waals surface area contributed by atoms with E-state index in [4.69, 9.17) is 0 Å². The molecule has 6 aliphatic carbocycles. The molecule has 14 nitrogen and oxygen atoms in total. The summed E-state index contributed by atoms with van der Waals surface area (Å²) in [5.41, 5.74) is 0. The predicted octanol–water partition coefficient (Wildman–Crippen LogP) is 2.33. The first-order valence-electron chi connectivity index (χ1n) is 21.8. The number of hydrogen-bond donors (Lipinski definition) is 0. The fourth-order valence-electron chi connectivity index (χ4n) is 14.9. The van der Waals surface area contributed by atoms with Gasteiger partial charge in [0.1, 0.15) is 0 Å².